The van der Waals surface area contributed by atoms with Crippen molar-refractivity contribution in [3.8, 4) is 0 Å². The molecule has 0 fully saturated rings. The van der Waals surface area contributed by atoms with Crippen LogP contribution in [0.1, 0.15) is 10.4 Å². The Balaban J connectivity index is 3.08. The Morgan fingerprint density at radius 1 is 1.50 bits per heavy atom. The Morgan fingerprint density at radius 2 is 2.17 bits per heavy atom. The fraction of sp³-hybridized carbons (Fsp3) is 0.300. The van der Waals surface area contributed by atoms with Gasteiger partial charge in [-0.25, -0.2) is 17.9 Å². The summed E-state index contributed by atoms with van der Waals surface area (Å²) in [6.07, 6.45) is 0. The first-order valence-electron chi connectivity index (χ1n) is 5.00. The third-order valence-corrected chi connectivity index (χ3v) is 3.86. The summed E-state index contributed by atoms with van der Waals surface area (Å²) in [5, 5.41) is 0.0115. The highest BCUT2D eigenvalue weighted by molar-refractivity contribution is 7.89. The van der Waals surface area contributed by atoms with E-state index in [4.69, 9.17) is 17.3 Å². The van der Waals surface area contributed by atoms with E-state index < -0.39 is 16.0 Å². The SMILES string of the molecule is COC(=O)c1ccc(S(=O)(=O)NCCN)cc1Cl. The number of ether oxygens (including phenoxy) is 1. The van der Waals surface area contributed by atoms with Crippen LogP contribution in [0.4, 0.5) is 0 Å². The van der Waals surface area contributed by atoms with Crippen LogP contribution >= 0.6 is 11.6 Å². The van der Waals surface area contributed by atoms with Crippen LogP contribution in [0.25, 0.3) is 0 Å². The lowest BCUT2D eigenvalue weighted by Gasteiger charge is -2.07. The summed E-state index contributed by atoms with van der Waals surface area (Å²) >= 11 is 5.83. The number of halogens is 1. The second kappa shape index (κ2) is 6.14. The lowest BCUT2D eigenvalue weighted by atomic mass is 10.2. The van der Waals surface area contributed by atoms with Crippen molar-refractivity contribution in [2.75, 3.05) is 20.2 Å². The van der Waals surface area contributed by atoms with E-state index in [1.807, 2.05) is 0 Å². The number of rotatable bonds is 5. The van der Waals surface area contributed by atoms with Gasteiger partial charge in [0.25, 0.3) is 0 Å². The van der Waals surface area contributed by atoms with Crippen LogP contribution in [-0.2, 0) is 14.8 Å². The Labute approximate surface area is 110 Å². The molecular weight excluding hydrogens is 280 g/mol. The third-order valence-electron chi connectivity index (χ3n) is 2.09. The third kappa shape index (κ3) is 3.42. The number of benzene rings is 1. The molecule has 8 heteroatoms. The Kier molecular flexibility index (Phi) is 5.09. The number of nitrogens with two attached hydrogens (primary N) is 1. The lowest BCUT2D eigenvalue weighted by Crippen LogP contribution is -2.29. The molecule has 0 spiro atoms. The molecular formula is C10H13ClN2O4S. The predicted molar refractivity (Wildman–Crippen MR) is 67.0 cm³/mol. The molecule has 0 heterocycles. The van der Waals surface area contributed by atoms with Crippen LogP contribution in [0.15, 0.2) is 23.1 Å². The molecule has 0 aromatic heterocycles. The zero-order valence-corrected chi connectivity index (χ0v) is 11.2. The Bertz CT molecular complexity index is 545. The summed E-state index contributed by atoms with van der Waals surface area (Å²) in [5.74, 6) is -0.626. The molecule has 0 atom stereocenters. The highest BCUT2D eigenvalue weighted by Crippen LogP contribution is 2.21. The van der Waals surface area contributed by atoms with Crippen molar-refractivity contribution in [2.45, 2.75) is 4.90 Å². The van der Waals surface area contributed by atoms with Crippen molar-refractivity contribution >= 4 is 27.6 Å². The van der Waals surface area contributed by atoms with Gasteiger partial charge in [0, 0.05) is 13.1 Å². The molecule has 1 rings (SSSR count). The molecule has 3 N–H and O–H groups in total. The second-order valence-corrected chi connectivity index (χ2v) is 5.49. The number of esters is 1. The number of carbonyl (C=O) groups excluding carboxylic acids is 1. The smallest absolute Gasteiger partial charge is 0.339 e. The van der Waals surface area contributed by atoms with Gasteiger partial charge in [-0.3, -0.25) is 0 Å². The van der Waals surface area contributed by atoms with Crippen molar-refractivity contribution in [2.24, 2.45) is 5.73 Å². The van der Waals surface area contributed by atoms with Crippen LogP contribution in [0, 0.1) is 0 Å². The highest BCUT2D eigenvalue weighted by atomic mass is 35.5. The van der Waals surface area contributed by atoms with Crippen molar-refractivity contribution < 1.29 is 17.9 Å². The summed E-state index contributed by atoms with van der Waals surface area (Å²) in [4.78, 5) is 11.2. The average Bonchev–Trinajstić information content (AvgIpc) is 2.35. The monoisotopic (exact) mass is 292 g/mol. The molecule has 0 saturated heterocycles. The van der Waals surface area contributed by atoms with Gasteiger partial charge in [-0.2, -0.15) is 0 Å². The lowest BCUT2D eigenvalue weighted by molar-refractivity contribution is 0.0601. The van der Waals surface area contributed by atoms with E-state index >= 15 is 0 Å². The fourth-order valence-corrected chi connectivity index (χ4v) is 2.61. The molecule has 0 aliphatic carbocycles. The zero-order valence-electron chi connectivity index (χ0n) is 9.64. The van der Waals surface area contributed by atoms with Gasteiger partial charge in [0.1, 0.15) is 0 Å². The topological polar surface area (TPSA) is 98.5 Å². The first kappa shape index (κ1) is 14.9. The average molecular weight is 293 g/mol. The van der Waals surface area contributed by atoms with Gasteiger partial charge in [0.05, 0.1) is 22.6 Å². The summed E-state index contributed by atoms with van der Waals surface area (Å²) in [5.41, 5.74) is 5.32. The second-order valence-electron chi connectivity index (χ2n) is 3.32. The summed E-state index contributed by atoms with van der Waals surface area (Å²) < 4.78 is 30.3. The van der Waals surface area contributed by atoms with Crippen LogP contribution in [-0.4, -0.2) is 34.6 Å². The molecule has 100 valence electrons. The van der Waals surface area contributed by atoms with Gasteiger partial charge >= 0.3 is 5.97 Å². The largest absolute Gasteiger partial charge is 0.465 e. The predicted octanol–water partition coefficient (Wildman–Crippen LogP) is 0.364. The molecule has 0 aliphatic rings. The van der Waals surface area contributed by atoms with Gasteiger partial charge in [-0.05, 0) is 18.2 Å². The van der Waals surface area contributed by atoms with Crippen LogP contribution in [0.5, 0.6) is 0 Å². The molecule has 6 nitrogen and oxygen atoms in total. The van der Waals surface area contributed by atoms with Gasteiger partial charge in [-0.15, -0.1) is 0 Å². The Morgan fingerprint density at radius 3 is 2.67 bits per heavy atom. The summed E-state index contributed by atoms with van der Waals surface area (Å²) in [7, 11) is -2.45. The van der Waals surface area contributed by atoms with E-state index in [1.165, 1.54) is 25.3 Å². The quantitative estimate of drug-likeness (QED) is 0.764. The highest BCUT2D eigenvalue weighted by Gasteiger charge is 2.17. The maximum Gasteiger partial charge on any atom is 0.339 e. The Hall–Kier alpha value is -1.15. The number of methoxy groups -OCH3 is 1. The van der Waals surface area contributed by atoms with E-state index in [9.17, 15) is 13.2 Å². The van der Waals surface area contributed by atoms with Crippen molar-refractivity contribution in [1.29, 1.82) is 0 Å². The minimum Gasteiger partial charge on any atom is -0.465 e. The number of nitrogens with one attached hydrogen (secondary N) is 1. The van der Waals surface area contributed by atoms with E-state index in [0.29, 0.717) is 0 Å². The molecule has 0 amide bonds. The first-order valence-corrected chi connectivity index (χ1v) is 6.86. The molecule has 0 saturated carbocycles. The summed E-state index contributed by atoms with van der Waals surface area (Å²) in [6, 6.07) is 3.76. The molecule has 0 aliphatic heterocycles. The maximum absolute atomic E-state index is 11.8. The van der Waals surface area contributed by atoms with Crippen LogP contribution < -0.4 is 10.5 Å². The van der Waals surface area contributed by atoms with Crippen molar-refractivity contribution in [1.82, 2.24) is 4.72 Å². The number of carbonyl (C=O) groups is 1. The standard InChI is InChI=1S/C10H13ClN2O4S/c1-17-10(14)8-3-2-7(6-9(8)11)18(15,16)13-5-4-12/h2-3,6,13H,4-5,12H2,1H3. The van der Waals surface area contributed by atoms with Crippen molar-refractivity contribution in [3.05, 3.63) is 28.8 Å². The van der Waals surface area contributed by atoms with E-state index in [2.05, 4.69) is 9.46 Å². The van der Waals surface area contributed by atoms with E-state index in [-0.39, 0.29) is 28.6 Å². The fourth-order valence-electron chi connectivity index (χ4n) is 1.22. The normalized spacial score (nSPS) is 11.3. The zero-order chi connectivity index (χ0) is 13.8. The maximum atomic E-state index is 11.8. The summed E-state index contributed by atoms with van der Waals surface area (Å²) in [6.45, 7) is 0.311. The van der Waals surface area contributed by atoms with Crippen LogP contribution in [0.2, 0.25) is 5.02 Å². The van der Waals surface area contributed by atoms with E-state index in [1.54, 1.807) is 0 Å². The molecule has 0 radical (unpaired) electrons. The van der Waals surface area contributed by atoms with Crippen molar-refractivity contribution in [3.63, 3.8) is 0 Å². The minimum atomic E-state index is -3.66. The first-order chi connectivity index (χ1) is 8.42. The number of hydrogen-bond acceptors (Lipinski definition) is 5. The van der Waals surface area contributed by atoms with Gasteiger partial charge in [0.15, 0.2) is 0 Å². The molecule has 1 aromatic rings. The van der Waals surface area contributed by atoms with Gasteiger partial charge < -0.3 is 10.5 Å². The van der Waals surface area contributed by atoms with E-state index in [0.717, 1.165) is 0 Å². The molecule has 0 unspecified atom stereocenters. The van der Waals surface area contributed by atoms with Gasteiger partial charge in [-0.1, -0.05) is 11.6 Å². The molecule has 0 bridgehead atoms. The van der Waals surface area contributed by atoms with Gasteiger partial charge in [0.2, 0.25) is 10.0 Å². The number of hydrogen-bond donors (Lipinski definition) is 2. The molecule has 18 heavy (non-hydrogen) atoms. The minimum absolute atomic E-state index is 0.0115. The van der Waals surface area contributed by atoms with Crippen LogP contribution in [0.3, 0.4) is 0 Å². The molecule has 1 aromatic carbocycles. The number of sulfonamides is 1.